The van der Waals surface area contributed by atoms with Gasteiger partial charge in [0, 0.05) is 23.2 Å². The van der Waals surface area contributed by atoms with Crippen LogP contribution in [0.3, 0.4) is 0 Å². The minimum absolute atomic E-state index is 0. The molecular weight excluding hydrogens is 229 g/mol. The van der Waals surface area contributed by atoms with E-state index in [9.17, 15) is 9.90 Å². The fourth-order valence-corrected chi connectivity index (χ4v) is 1.43. The maximum atomic E-state index is 10.6. The Hall–Kier alpha value is -1.10. The van der Waals surface area contributed by atoms with Gasteiger partial charge in [-0.05, 0) is 19.1 Å². The van der Waals surface area contributed by atoms with Gasteiger partial charge in [-0.15, -0.1) is 0 Å². The monoisotopic (exact) mass is 239 g/mol. The van der Waals surface area contributed by atoms with Crippen LogP contribution in [0.15, 0.2) is 36.7 Å². The standard InChI is InChI=1S/C12H11NO3.Na/c1-8(12(14)15)16-11-4-2-3-9-7-13-6-5-10(9)11;/h2-8H,1H3,(H,14,15);/q;+1/p-1/t8-;/m0./s1. The van der Waals surface area contributed by atoms with E-state index in [1.807, 2.05) is 6.07 Å². The molecule has 0 N–H and O–H groups in total. The molecule has 0 aliphatic rings. The Morgan fingerprint density at radius 1 is 1.41 bits per heavy atom. The summed E-state index contributed by atoms with van der Waals surface area (Å²) < 4.78 is 5.30. The fourth-order valence-electron chi connectivity index (χ4n) is 1.43. The molecule has 0 saturated carbocycles. The zero-order valence-electron chi connectivity index (χ0n) is 9.71. The Morgan fingerprint density at radius 3 is 2.88 bits per heavy atom. The number of hydrogen-bond donors (Lipinski definition) is 0. The van der Waals surface area contributed by atoms with Crippen LogP contribution >= 0.6 is 0 Å². The van der Waals surface area contributed by atoms with Gasteiger partial charge in [-0.1, -0.05) is 12.1 Å². The van der Waals surface area contributed by atoms with E-state index >= 15 is 0 Å². The molecule has 4 nitrogen and oxygen atoms in total. The van der Waals surface area contributed by atoms with Crippen molar-refractivity contribution in [3.63, 3.8) is 0 Å². The molecule has 0 bridgehead atoms. The van der Waals surface area contributed by atoms with Gasteiger partial charge in [0.2, 0.25) is 0 Å². The second-order valence-electron chi connectivity index (χ2n) is 3.43. The van der Waals surface area contributed by atoms with E-state index in [0.717, 1.165) is 10.8 Å². The van der Waals surface area contributed by atoms with Crippen LogP contribution in [-0.4, -0.2) is 17.1 Å². The number of hydrogen-bond acceptors (Lipinski definition) is 4. The Balaban J connectivity index is 0.00000144. The molecule has 0 amide bonds. The van der Waals surface area contributed by atoms with Crippen molar-refractivity contribution in [2.45, 2.75) is 13.0 Å². The summed E-state index contributed by atoms with van der Waals surface area (Å²) in [6.07, 6.45) is 2.36. The second kappa shape index (κ2) is 6.00. The van der Waals surface area contributed by atoms with E-state index < -0.39 is 12.1 Å². The molecule has 1 aromatic carbocycles. The van der Waals surface area contributed by atoms with Crippen molar-refractivity contribution in [3.8, 4) is 5.75 Å². The number of rotatable bonds is 3. The first-order chi connectivity index (χ1) is 7.68. The predicted molar refractivity (Wildman–Crippen MR) is 56.8 cm³/mol. The number of carbonyl (C=O) groups excluding carboxylic acids is 1. The SMILES string of the molecule is C[C@H](Oc1cccc2cnccc12)C(=O)[O-].[Na+]. The first-order valence-corrected chi connectivity index (χ1v) is 4.89. The first-order valence-electron chi connectivity index (χ1n) is 4.89. The van der Waals surface area contributed by atoms with Crippen molar-refractivity contribution in [3.05, 3.63) is 36.7 Å². The van der Waals surface area contributed by atoms with Crippen molar-refractivity contribution in [1.82, 2.24) is 4.98 Å². The third kappa shape index (κ3) is 3.19. The van der Waals surface area contributed by atoms with Crippen LogP contribution in [0.25, 0.3) is 10.8 Å². The summed E-state index contributed by atoms with van der Waals surface area (Å²) in [5, 5.41) is 12.3. The molecule has 1 heterocycles. The summed E-state index contributed by atoms with van der Waals surface area (Å²) in [4.78, 5) is 14.6. The number of benzene rings is 1. The zero-order chi connectivity index (χ0) is 11.5. The van der Waals surface area contributed by atoms with E-state index in [2.05, 4.69) is 4.98 Å². The summed E-state index contributed by atoms with van der Waals surface area (Å²) in [5.74, 6) is -0.706. The van der Waals surface area contributed by atoms with Gasteiger partial charge < -0.3 is 14.6 Å². The van der Waals surface area contributed by atoms with Gasteiger partial charge in [0.15, 0.2) is 0 Å². The molecule has 0 saturated heterocycles. The van der Waals surface area contributed by atoms with E-state index in [-0.39, 0.29) is 29.6 Å². The van der Waals surface area contributed by atoms with E-state index in [1.165, 1.54) is 6.92 Å². The van der Waals surface area contributed by atoms with Gasteiger partial charge >= 0.3 is 29.6 Å². The van der Waals surface area contributed by atoms with Crippen molar-refractivity contribution in [1.29, 1.82) is 0 Å². The quantitative estimate of drug-likeness (QED) is 0.568. The van der Waals surface area contributed by atoms with Gasteiger partial charge in [0.1, 0.15) is 11.9 Å². The van der Waals surface area contributed by atoms with Crippen molar-refractivity contribution in [2.75, 3.05) is 0 Å². The van der Waals surface area contributed by atoms with Crippen molar-refractivity contribution >= 4 is 16.7 Å². The van der Waals surface area contributed by atoms with Crippen molar-refractivity contribution < 1.29 is 44.2 Å². The van der Waals surface area contributed by atoms with Gasteiger partial charge in [0.05, 0.1) is 5.97 Å². The predicted octanol–water partition coefficient (Wildman–Crippen LogP) is -2.24. The molecule has 0 aliphatic carbocycles. The number of carboxylic acid groups (broad SMARTS) is 1. The third-order valence-corrected chi connectivity index (χ3v) is 2.28. The smallest absolute Gasteiger partial charge is 0.546 e. The molecular formula is C12H10NNaO3. The number of pyridine rings is 1. The van der Waals surface area contributed by atoms with Crippen LogP contribution in [0.2, 0.25) is 0 Å². The average Bonchev–Trinajstić information content (AvgIpc) is 2.29. The summed E-state index contributed by atoms with van der Waals surface area (Å²) in [6.45, 7) is 1.44. The van der Waals surface area contributed by atoms with Gasteiger partial charge in [0.25, 0.3) is 0 Å². The molecule has 0 aliphatic heterocycles. The maximum absolute atomic E-state index is 10.6. The van der Waals surface area contributed by atoms with E-state index in [1.54, 1.807) is 30.6 Å². The average molecular weight is 239 g/mol. The number of ether oxygens (including phenoxy) is 1. The molecule has 82 valence electrons. The van der Waals surface area contributed by atoms with E-state index in [0.29, 0.717) is 5.75 Å². The van der Waals surface area contributed by atoms with Crippen molar-refractivity contribution in [2.24, 2.45) is 0 Å². The number of nitrogens with zero attached hydrogens (tertiary/aromatic N) is 1. The Kier molecular flexibility index (Phi) is 4.93. The van der Waals surface area contributed by atoms with Gasteiger partial charge in [-0.3, -0.25) is 4.98 Å². The first kappa shape index (κ1) is 14.0. The molecule has 1 atom stereocenters. The van der Waals surface area contributed by atoms with Crippen LogP contribution in [0.1, 0.15) is 6.92 Å². The fraction of sp³-hybridized carbons (Fsp3) is 0.167. The molecule has 0 spiro atoms. The van der Waals surface area contributed by atoms with Crippen LogP contribution in [-0.2, 0) is 4.79 Å². The van der Waals surface area contributed by atoms with Gasteiger partial charge in [-0.2, -0.15) is 0 Å². The molecule has 0 fully saturated rings. The molecule has 2 rings (SSSR count). The summed E-state index contributed by atoms with van der Waals surface area (Å²) in [6, 6.07) is 7.19. The largest absolute Gasteiger partial charge is 1.00 e. The topological polar surface area (TPSA) is 62.2 Å². The molecule has 2 aromatic rings. The normalized spacial score (nSPS) is 11.6. The molecule has 0 unspecified atom stereocenters. The minimum Gasteiger partial charge on any atom is -0.546 e. The molecule has 0 radical (unpaired) electrons. The van der Waals surface area contributed by atoms with Crippen LogP contribution in [0.5, 0.6) is 5.75 Å². The Labute approximate surface area is 121 Å². The minimum atomic E-state index is -1.23. The van der Waals surface area contributed by atoms with Gasteiger partial charge in [-0.25, -0.2) is 0 Å². The summed E-state index contributed by atoms with van der Waals surface area (Å²) >= 11 is 0. The third-order valence-electron chi connectivity index (χ3n) is 2.28. The van der Waals surface area contributed by atoms with E-state index in [4.69, 9.17) is 4.74 Å². The summed E-state index contributed by atoms with van der Waals surface area (Å²) in [7, 11) is 0. The number of aliphatic carboxylic acids is 1. The Morgan fingerprint density at radius 2 is 2.18 bits per heavy atom. The van der Waals surface area contributed by atoms with Crippen LogP contribution in [0.4, 0.5) is 0 Å². The number of fused-ring (bicyclic) bond motifs is 1. The van der Waals surface area contributed by atoms with Crippen LogP contribution < -0.4 is 39.4 Å². The summed E-state index contributed by atoms with van der Waals surface area (Å²) in [5.41, 5.74) is 0. The number of carboxylic acids is 1. The zero-order valence-corrected chi connectivity index (χ0v) is 11.7. The number of aromatic nitrogens is 1. The maximum Gasteiger partial charge on any atom is 1.00 e. The van der Waals surface area contributed by atoms with Crippen LogP contribution in [0, 0.1) is 0 Å². The Bertz CT molecular complexity index is 525. The number of carbonyl (C=O) groups is 1. The molecule has 1 aromatic heterocycles. The molecule has 17 heavy (non-hydrogen) atoms. The molecule has 5 heteroatoms. The second-order valence-corrected chi connectivity index (χ2v) is 3.43.